The van der Waals surface area contributed by atoms with Crippen molar-refractivity contribution in [2.45, 2.75) is 4.90 Å². The summed E-state index contributed by atoms with van der Waals surface area (Å²) in [5.41, 5.74) is 0. The van der Waals surface area contributed by atoms with Crippen molar-refractivity contribution in [3.8, 4) is 5.88 Å². The van der Waals surface area contributed by atoms with Crippen LogP contribution in [-0.4, -0.2) is 25.5 Å². The highest BCUT2D eigenvalue weighted by Gasteiger charge is 2.21. The standard InChI is InChI=1S/C11H8BrCl2N3O3S/c1-20-11-10(15-5-9(12)16-11)17-21(18,19)8-4-6(13)2-3-7(8)14/h2-5H,1H3,(H,15,17). The number of halogens is 3. The fraction of sp³-hybridized carbons (Fsp3) is 0.0909. The number of hydrogen-bond acceptors (Lipinski definition) is 5. The highest BCUT2D eigenvalue weighted by atomic mass is 79.9. The van der Waals surface area contributed by atoms with E-state index in [-0.39, 0.29) is 26.6 Å². The van der Waals surface area contributed by atoms with Gasteiger partial charge in [-0.15, -0.1) is 0 Å². The molecule has 0 aliphatic carbocycles. The van der Waals surface area contributed by atoms with Gasteiger partial charge in [-0.25, -0.2) is 18.4 Å². The minimum Gasteiger partial charge on any atom is -0.478 e. The van der Waals surface area contributed by atoms with E-state index in [4.69, 9.17) is 27.9 Å². The smallest absolute Gasteiger partial charge is 0.264 e. The number of nitrogens with one attached hydrogen (secondary N) is 1. The molecule has 1 heterocycles. The monoisotopic (exact) mass is 411 g/mol. The molecule has 0 radical (unpaired) electrons. The van der Waals surface area contributed by atoms with Gasteiger partial charge in [-0.05, 0) is 34.1 Å². The third-order valence-electron chi connectivity index (χ3n) is 2.32. The molecule has 2 rings (SSSR count). The van der Waals surface area contributed by atoms with Crippen LogP contribution in [0.5, 0.6) is 5.88 Å². The fourth-order valence-electron chi connectivity index (χ4n) is 1.43. The van der Waals surface area contributed by atoms with Crippen LogP contribution in [0.3, 0.4) is 0 Å². The summed E-state index contributed by atoms with van der Waals surface area (Å²) < 4.78 is 32.3. The van der Waals surface area contributed by atoms with Crippen molar-refractivity contribution < 1.29 is 13.2 Å². The Bertz CT molecular complexity index is 786. The lowest BCUT2D eigenvalue weighted by molar-refractivity contribution is 0.397. The van der Waals surface area contributed by atoms with Crippen molar-refractivity contribution in [3.05, 3.63) is 39.0 Å². The molecule has 6 nitrogen and oxygen atoms in total. The maximum atomic E-state index is 12.3. The molecule has 1 aromatic carbocycles. The SMILES string of the molecule is COc1nc(Br)cnc1NS(=O)(=O)c1cc(Cl)ccc1Cl. The number of rotatable bonds is 4. The number of benzene rings is 1. The zero-order chi connectivity index (χ0) is 15.6. The second kappa shape index (κ2) is 6.35. The van der Waals surface area contributed by atoms with Gasteiger partial charge in [-0.2, -0.15) is 0 Å². The van der Waals surface area contributed by atoms with Crippen molar-refractivity contribution in [2.75, 3.05) is 11.8 Å². The van der Waals surface area contributed by atoms with E-state index < -0.39 is 10.0 Å². The minimum absolute atomic E-state index is 0.0195. The topological polar surface area (TPSA) is 81.2 Å². The van der Waals surface area contributed by atoms with Gasteiger partial charge in [-0.1, -0.05) is 23.2 Å². The summed E-state index contributed by atoms with van der Waals surface area (Å²) in [6.07, 6.45) is 1.33. The van der Waals surface area contributed by atoms with Crippen LogP contribution in [0.15, 0.2) is 33.9 Å². The lowest BCUT2D eigenvalue weighted by Crippen LogP contribution is -2.15. The van der Waals surface area contributed by atoms with Crippen molar-refractivity contribution in [1.29, 1.82) is 0 Å². The molecular formula is C11H8BrCl2N3O3S. The van der Waals surface area contributed by atoms with Gasteiger partial charge in [0.2, 0.25) is 5.82 Å². The van der Waals surface area contributed by atoms with E-state index in [9.17, 15) is 8.42 Å². The molecule has 0 atom stereocenters. The average molecular weight is 413 g/mol. The Balaban J connectivity index is 2.45. The van der Waals surface area contributed by atoms with Gasteiger partial charge >= 0.3 is 0 Å². The summed E-state index contributed by atoms with van der Waals surface area (Å²) in [6, 6.07) is 4.12. The predicted octanol–water partition coefficient (Wildman–Crippen LogP) is 3.36. The van der Waals surface area contributed by atoms with Crippen LogP contribution in [0.2, 0.25) is 10.0 Å². The maximum absolute atomic E-state index is 12.3. The van der Waals surface area contributed by atoms with E-state index in [1.165, 1.54) is 31.5 Å². The largest absolute Gasteiger partial charge is 0.478 e. The van der Waals surface area contributed by atoms with Crippen LogP contribution in [0, 0.1) is 0 Å². The minimum atomic E-state index is -3.98. The van der Waals surface area contributed by atoms with Crippen LogP contribution in [0.1, 0.15) is 0 Å². The molecule has 2 aromatic rings. The molecule has 0 aliphatic heterocycles. The van der Waals surface area contributed by atoms with Gasteiger partial charge < -0.3 is 4.74 Å². The van der Waals surface area contributed by atoms with Crippen LogP contribution in [0.4, 0.5) is 5.82 Å². The van der Waals surface area contributed by atoms with E-state index in [0.29, 0.717) is 4.60 Å². The van der Waals surface area contributed by atoms with Crippen molar-refractivity contribution in [2.24, 2.45) is 0 Å². The summed E-state index contributed by atoms with van der Waals surface area (Å²) in [5.74, 6) is -0.0390. The molecule has 10 heteroatoms. The Labute approximate surface area is 139 Å². The molecule has 0 fully saturated rings. The van der Waals surface area contributed by atoms with E-state index in [0.717, 1.165) is 0 Å². The Kier molecular flexibility index (Phi) is 4.92. The molecule has 1 aromatic heterocycles. The van der Waals surface area contributed by atoms with E-state index >= 15 is 0 Å². The summed E-state index contributed by atoms with van der Waals surface area (Å²) in [7, 11) is -2.63. The molecule has 0 aliphatic rings. The Hall–Kier alpha value is -1.09. The molecule has 112 valence electrons. The lowest BCUT2D eigenvalue weighted by atomic mass is 10.4. The highest BCUT2D eigenvalue weighted by molar-refractivity contribution is 9.10. The Morgan fingerprint density at radius 2 is 2.05 bits per heavy atom. The second-order valence-corrected chi connectivity index (χ2v) is 7.04. The summed E-state index contributed by atoms with van der Waals surface area (Å²) in [4.78, 5) is 7.70. The Morgan fingerprint density at radius 1 is 1.33 bits per heavy atom. The zero-order valence-corrected chi connectivity index (χ0v) is 14.4. The number of nitrogens with zero attached hydrogens (tertiary/aromatic N) is 2. The van der Waals surface area contributed by atoms with Gasteiger partial charge in [0.05, 0.1) is 18.3 Å². The molecular weight excluding hydrogens is 405 g/mol. The molecule has 1 N–H and O–H groups in total. The van der Waals surface area contributed by atoms with Crippen LogP contribution in [0.25, 0.3) is 0 Å². The van der Waals surface area contributed by atoms with Crippen molar-refractivity contribution in [3.63, 3.8) is 0 Å². The summed E-state index contributed by atoms with van der Waals surface area (Å²) in [5, 5.41) is 0.282. The van der Waals surface area contributed by atoms with Crippen molar-refractivity contribution >= 4 is 55.0 Å². The third-order valence-corrected chi connectivity index (χ3v) is 4.76. The molecule has 0 saturated heterocycles. The zero-order valence-electron chi connectivity index (χ0n) is 10.5. The van der Waals surface area contributed by atoms with Gasteiger partial charge in [-0.3, -0.25) is 4.72 Å². The number of methoxy groups -OCH3 is 1. The maximum Gasteiger partial charge on any atom is 0.264 e. The van der Waals surface area contributed by atoms with Gasteiger partial charge in [0.1, 0.15) is 9.50 Å². The first kappa shape index (κ1) is 16.3. The van der Waals surface area contributed by atoms with E-state index in [1.54, 1.807) is 0 Å². The van der Waals surface area contributed by atoms with Gasteiger partial charge in [0.15, 0.2) is 0 Å². The summed E-state index contributed by atoms with van der Waals surface area (Å²) in [6.45, 7) is 0. The highest BCUT2D eigenvalue weighted by Crippen LogP contribution is 2.28. The Morgan fingerprint density at radius 3 is 2.71 bits per heavy atom. The number of hydrogen-bond donors (Lipinski definition) is 1. The van der Waals surface area contributed by atoms with E-state index in [1.807, 2.05) is 0 Å². The second-order valence-electron chi connectivity index (χ2n) is 3.73. The quantitative estimate of drug-likeness (QED) is 0.832. The number of aromatic nitrogens is 2. The molecule has 0 spiro atoms. The molecule has 0 unspecified atom stereocenters. The van der Waals surface area contributed by atoms with Crippen LogP contribution >= 0.6 is 39.1 Å². The predicted molar refractivity (Wildman–Crippen MR) is 83.6 cm³/mol. The van der Waals surface area contributed by atoms with E-state index in [2.05, 4.69) is 30.6 Å². The normalized spacial score (nSPS) is 11.2. The van der Waals surface area contributed by atoms with Gasteiger partial charge in [0.25, 0.3) is 15.9 Å². The third kappa shape index (κ3) is 3.76. The lowest BCUT2D eigenvalue weighted by Gasteiger charge is -2.11. The number of anilines is 1. The number of sulfonamides is 1. The first-order chi connectivity index (χ1) is 9.83. The number of ether oxygens (including phenoxy) is 1. The van der Waals surface area contributed by atoms with Crippen molar-refractivity contribution in [1.82, 2.24) is 9.97 Å². The molecule has 0 bridgehead atoms. The fourth-order valence-corrected chi connectivity index (χ4v) is 3.46. The molecule has 21 heavy (non-hydrogen) atoms. The van der Waals surface area contributed by atoms with Gasteiger partial charge in [0, 0.05) is 5.02 Å². The average Bonchev–Trinajstić information content (AvgIpc) is 2.43. The van der Waals surface area contributed by atoms with Crippen LogP contribution in [-0.2, 0) is 10.0 Å². The summed E-state index contributed by atoms with van der Waals surface area (Å²) >= 11 is 14.8. The first-order valence-corrected chi connectivity index (χ1v) is 8.41. The first-order valence-electron chi connectivity index (χ1n) is 5.38. The van der Waals surface area contributed by atoms with Crippen LogP contribution < -0.4 is 9.46 Å². The molecule has 0 saturated carbocycles. The molecule has 0 amide bonds.